The minimum atomic E-state index is -0.332. The Morgan fingerprint density at radius 1 is 1.00 bits per heavy atom. The lowest BCUT2D eigenvalue weighted by atomic mass is 10.0. The van der Waals surface area contributed by atoms with Gasteiger partial charge in [-0.25, -0.2) is 4.39 Å². The predicted molar refractivity (Wildman–Crippen MR) is 111 cm³/mol. The first-order valence-electron chi connectivity index (χ1n) is 10.2. The van der Waals surface area contributed by atoms with E-state index in [1.807, 2.05) is 12.1 Å². The summed E-state index contributed by atoms with van der Waals surface area (Å²) in [6.07, 6.45) is 4.86. The summed E-state index contributed by atoms with van der Waals surface area (Å²) >= 11 is 0. The maximum Gasteiger partial charge on any atom is 0.258 e. The van der Waals surface area contributed by atoms with Crippen LogP contribution in [0.4, 0.5) is 4.39 Å². The maximum absolute atomic E-state index is 13.0. The molecule has 0 saturated carbocycles. The summed E-state index contributed by atoms with van der Waals surface area (Å²) in [6, 6.07) is 13.8. The second-order valence-electron chi connectivity index (χ2n) is 7.29. The number of hydrogen-bond donors (Lipinski definition) is 1. The number of methoxy groups -OCH3 is 1. The molecule has 2 aromatic rings. The van der Waals surface area contributed by atoms with Crippen LogP contribution in [-0.2, 0) is 4.79 Å². The fourth-order valence-electron chi connectivity index (χ4n) is 3.63. The van der Waals surface area contributed by atoms with Gasteiger partial charge >= 0.3 is 0 Å². The van der Waals surface area contributed by atoms with E-state index in [4.69, 9.17) is 9.47 Å². The highest BCUT2D eigenvalue weighted by Crippen LogP contribution is 2.25. The van der Waals surface area contributed by atoms with Crippen LogP contribution < -0.4 is 14.8 Å². The monoisotopic (exact) mass is 400 g/mol. The standard InChI is InChI=1S/C23H29FN2O3/c1-28-20-10-6-18(7-11-20)22(26-14-4-2-3-5-15-26)16-25-23(27)17-29-21-12-8-19(24)9-13-21/h6-13,22H,2-5,14-17H2,1H3,(H,25,27)/t22-/m0/s1. The van der Waals surface area contributed by atoms with E-state index in [2.05, 4.69) is 22.3 Å². The van der Waals surface area contributed by atoms with Crippen LogP contribution in [0.2, 0.25) is 0 Å². The number of ether oxygens (including phenoxy) is 2. The molecule has 0 spiro atoms. The Balaban J connectivity index is 1.60. The van der Waals surface area contributed by atoms with Crippen molar-refractivity contribution >= 4 is 5.91 Å². The van der Waals surface area contributed by atoms with Crippen molar-refractivity contribution < 1.29 is 18.7 Å². The first kappa shape index (κ1) is 21.1. The minimum absolute atomic E-state index is 0.0963. The van der Waals surface area contributed by atoms with Gasteiger partial charge in [0.15, 0.2) is 6.61 Å². The average Bonchev–Trinajstić information content (AvgIpc) is 3.03. The van der Waals surface area contributed by atoms with Gasteiger partial charge in [0, 0.05) is 6.54 Å². The van der Waals surface area contributed by atoms with Crippen LogP contribution in [0.15, 0.2) is 48.5 Å². The molecule has 156 valence electrons. The zero-order valence-corrected chi connectivity index (χ0v) is 16.9. The Bertz CT molecular complexity index is 757. The lowest BCUT2D eigenvalue weighted by Gasteiger charge is -2.31. The summed E-state index contributed by atoms with van der Waals surface area (Å²) in [5.41, 5.74) is 1.16. The Morgan fingerprint density at radius 2 is 1.62 bits per heavy atom. The summed E-state index contributed by atoms with van der Waals surface area (Å²) < 4.78 is 23.7. The fraction of sp³-hybridized carbons (Fsp3) is 0.435. The number of nitrogens with zero attached hydrogens (tertiary/aromatic N) is 1. The van der Waals surface area contributed by atoms with Crippen molar-refractivity contribution in [3.63, 3.8) is 0 Å². The van der Waals surface area contributed by atoms with Crippen molar-refractivity contribution in [1.82, 2.24) is 10.2 Å². The molecule has 1 saturated heterocycles. The molecule has 1 heterocycles. The van der Waals surface area contributed by atoms with Gasteiger partial charge in [0.05, 0.1) is 13.2 Å². The summed E-state index contributed by atoms with van der Waals surface area (Å²) in [4.78, 5) is 14.8. The van der Waals surface area contributed by atoms with Crippen molar-refractivity contribution in [1.29, 1.82) is 0 Å². The highest BCUT2D eigenvalue weighted by Gasteiger charge is 2.22. The molecule has 1 N–H and O–H groups in total. The second-order valence-corrected chi connectivity index (χ2v) is 7.29. The number of carbonyl (C=O) groups excluding carboxylic acids is 1. The normalized spacial score (nSPS) is 15.9. The van der Waals surface area contributed by atoms with Crippen molar-refractivity contribution in [2.24, 2.45) is 0 Å². The molecule has 0 unspecified atom stereocenters. The fourth-order valence-corrected chi connectivity index (χ4v) is 3.63. The average molecular weight is 400 g/mol. The number of amides is 1. The highest BCUT2D eigenvalue weighted by atomic mass is 19.1. The third-order valence-corrected chi connectivity index (χ3v) is 5.26. The van der Waals surface area contributed by atoms with Gasteiger partial charge in [-0.1, -0.05) is 25.0 Å². The molecule has 0 aromatic heterocycles. The smallest absolute Gasteiger partial charge is 0.258 e. The number of benzene rings is 2. The molecular weight excluding hydrogens is 371 g/mol. The Morgan fingerprint density at radius 3 is 2.24 bits per heavy atom. The van der Waals surface area contributed by atoms with Crippen LogP contribution in [0.25, 0.3) is 0 Å². The Kier molecular flexibility index (Phi) is 7.87. The maximum atomic E-state index is 13.0. The van der Waals surface area contributed by atoms with E-state index in [1.165, 1.54) is 49.9 Å². The van der Waals surface area contributed by atoms with Crippen LogP contribution in [0, 0.1) is 5.82 Å². The van der Waals surface area contributed by atoms with Gasteiger partial charge in [-0.05, 0) is 67.9 Å². The molecule has 2 aromatic carbocycles. The third kappa shape index (κ3) is 6.46. The Labute approximate surface area is 171 Å². The van der Waals surface area contributed by atoms with Crippen molar-refractivity contribution in [3.8, 4) is 11.5 Å². The molecule has 1 aliphatic heterocycles. The van der Waals surface area contributed by atoms with E-state index >= 15 is 0 Å². The quantitative estimate of drug-likeness (QED) is 0.729. The third-order valence-electron chi connectivity index (χ3n) is 5.26. The topological polar surface area (TPSA) is 50.8 Å². The summed E-state index contributed by atoms with van der Waals surface area (Å²) in [5, 5.41) is 3.00. The lowest BCUT2D eigenvalue weighted by Crippen LogP contribution is -2.40. The molecular formula is C23H29FN2O3. The van der Waals surface area contributed by atoms with E-state index in [0.717, 1.165) is 24.4 Å². The van der Waals surface area contributed by atoms with Crippen LogP contribution >= 0.6 is 0 Å². The molecule has 5 nitrogen and oxygen atoms in total. The number of carbonyl (C=O) groups is 1. The summed E-state index contributed by atoms with van der Waals surface area (Å²) in [5.74, 6) is 0.769. The highest BCUT2D eigenvalue weighted by molar-refractivity contribution is 5.77. The van der Waals surface area contributed by atoms with Gasteiger partial charge in [0.2, 0.25) is 0 Å². The molecule has 1 aliphatic rings. The van der Waals surface area contributed by atoms with Gasteiger partial charge in [0.25, 0.3) is 5.91 Å². The van der Waals surface area contributed by atoms with Gasteiger partial charge < -0.3 is 14.8 Å². The van der Waals surface area contributed by atoms with Crippen molar-refractivity contribution in [2.45, 2.75) is 31.7 Å². The first-order chi connectivity index (χ1) is 14.2. The van der Waals surface area contributed by atoms with Crippen molar-refractivity contribution in [2.75, 3.05) is 33.4 Å². The molecule has 0 bridgehead atoms. The number of nitrogens with one attached hydrogen (secondary N) is 1. The molecule has 29 heavy (non-hydrogen) atoms. The van der Waals surface area contributed by atoms with E-state index in [1.54, 1.807) is 7.11 Å². The predicted octanol–water partition coefficient (Wildman–Crippen LogP) is 3.95. The SMILES string of the molecule is COc1ccc([C@H](CNC(=O)COc2ccc(F)cc2)N2CCCCCC2)cc1. The van der Waals surface area contributed by atoms with Crippen LogP contribution in [0.1, 0.15) is 37.3 Å². The Hall–Kier alpha value is -2.60. The molecule has 1 atom stereocenters. The van der Waals surface area contributed by atoms with Gasteiger partial charge in [0.1, 0.15) is 17.3 Å². The zero-order chi connectivity index (χ0) is 20.5. The van der Waals surface area contributed by atoms with Crippen LogP contribution in [0.3, 0.4) is 0 Å². The van der Waals surface area contributed by atoms with Crippen molar-refractivity contribution in [3.05, 3.63) is 59.9 Å². The van der Waals surface area contributed by atoms with Gasteiger partial charge in [-0.15, -0.1) is 0 Å². The number of likely N-dealkylation sites (tertiary alicyclic amines) is 1. The summed E-state index contributed by atoms with van der Waals surface area (Å²) in [7, 11) is 1.66. The molecule has 0 aliphatic carbocycles. The van der Waals surface area contributed by atoms with Gasteiger partial charge in [-0.2, -0.15) is 0 Å². The minimum Gasteiger partial charge on any atom is -0.497 e. The first-order valence-corrected chi connectivity index (χ1v) is 10.2. The van der Waals surface area contributed by atoms with E-state index in [-0.39, 0.29) is 24.4 Å². The molecule has 1 amide bonds. The largest absolute Gasteiger partial charge is 0.497 e. The lowest BCUT2D eigenvalue weighted by molar-refractivity contribution is -0.123. The zero-order valence-electron chi connectivity index (χ0n) is 16.9. The molecule has 6 heteroatoms. The van der Waals surface area contributed by atoms with E-state index in [0.29, 0.717) is 12.3 Å². The molecule has 1 fully saturated rings. The summed E-state index contributed by atoms with van der Waals surface area (Å²) in [6.45, 7) is 2.47. The van der Waals surface area contributed by atoms with Crippen LogP contribution in [-0.4, -0.2) is 44.2 Å². The van der Waals surface area contributed by atoms with E-state index in [9.17, 15) is 9.18 Å². The number of rotatable bonds is 8. The second kappa shape index (κ2) is 10.8. The molecule has 0 radical (unpaired) electrons. The molecule has 3 rings (SSSR count). The van der Waals surface area contributed by atoms with Gasteiger partial charge in [-0.3, -0.25) is 9.69 Å². The van der Waals surface area contributed by atoms with Crippen LogP contribution in [0.5, 0.6) is 11.5 Å². The van der Waals surface area contributed by atoms with E-state index < -0.39 is 0 Å². The number of halogens is 1. The number of hydrogen-bond acceptors (Lipinski definition) is 4.